The molecule has 0 saturated carbocycles. The predicted octanol–water partition coefficient (Wildman–Crippen LogP) is 3.59. The summed E-state index contributed by atoms with van der Waals surface area (Å²) >= 11 is 7.79. The zero-order valence-electron chi connectivity index (χ0n) is 7.20. The maximum Gasteiger partial charge on any atom is 0.161 e. The summed E-state index contributed by atoms with van der Waals surface area (Å²) in [6, 6.07) is 8.27. The predicted molar refractivity (Wildman–Crippen MR) is 62.5 cm³/mol. The van der Waals surface area contributed by atoms with Gasteiger partial charge in [-0.2, -0.15) is 0 Å². The van der Waals surface area contributed by atoms with Crippen LogP contribution < -0.4 is 5.32 Å². The van der Waals surface area contributed by atoms with Gasteiger partial charge in [0.2, 0.25) is 0 Å². The number of halogens is 1. The van der Waals surface area contributed by atoms with E-state index in [1.807, 2.05) is 12.1 Å². The number of hydrogen-bond donors (Lipinski definition) is 1. The molecule has 1 unspecified atom stereocenters. The zero-order valence-corrected chi connectivity index (χ0v) is 8.77. The minimum absolute atomic E-state index is 0.233. The van der Waals surface area contributed by atoms with E-state index in [4.69, 9.17) is 11.6 Å². The van der Waals surface area contributed by atoms with Crippen LogP contribution in [0.5, 0.6) is 0 Å². The molecule has 0 spiro atoms. The van der Waals surface area contributed by atoms with E-state index in [0.717, 1.165) is 10.6 Å². The number of anilines is 1. The lowest BCUT2D eigenvalue weighted by molar-refractivity contribution is 1.04. The van der Waals surface area contributed by atoms with Crippen molar-refractivity contribution in [1.82, 2.24) is 0 Å². The van der Waals surface area contributed by atoms with Crippen molar-refractivity contribution < 1.29 is 0 Å². The molecule has 0 radical (unpaired) electrons. The number of fused-ring (bicyclic) bond motifs is 3. The summed E-state index contributed by atoms with van der Waals surface area (Å²) < 4.78 is 1.25. The van der Waals surface area contributed by atoms with Crippen LogP contribution in [0.2, 0.25) is 0 Å². The molecule has 1 aromatic carbocycles. The molecule has 1 aliphatic heterocycles. The van der Waals surface area contributed by atoms with Gasteiger partial charge in [0, 0.05) is 10.1 Å². The number of thiophene rings is 1. The largest absolute Gasteiger partial charge is 0.345 e. The molecule has 0 bridgehead atoms. The first-order valence-electron chi connectivity index (χ1n) is 4.30. The van der Waals surface area contributed by atoms with Crippen molar-refractivity contribution in [3.05, 3.63) is 29.1 Å². The topological polar surface area (TPSA) is 24.4 Å². The minimum atomic E-state index is -0.233. The SMILES string of the molecule is ClC1N=CNc2c1sc1ccccc21. The van der Waals surface area contributed by atoms with E-state index < -0.39 is 0 Å². The Hall–Kier alpha value is -1.06. The number of alkyl halides is 1. The van der Waals surface area contributed by atoms with Crippen LogP contribution in [0.1, 0.15) is 10.4 Å². The van der Waals surface area contributed by atoms with Crippen molar-refractivity contribution >= 4 is 45.0 Å². The molecule has 4 heteroatoms. The fraction of sp³-hybridized carbons (Fsp3) is 0.100. The maximum absolute atomic E-state index is 6.09. The molecule has 0 fully saturated rings. The summed E-state index contributed by atoms with van der Waals surface area (Å²) in [5, 5.41) is 4.38. The van der Waals surface area contributed by atoms with Gasteiger partial charge in [0.05, 0.1) is 16.9 Å². The lowest BCUT2D eigenvalue weighted by Crippen LogP contribution is -2.03. The Balaban J connectivity index is 2.35. The van der Waals surface area contributed by atoms with Gasteiger partial charge in [-0.05, 0) is 6.07 Å². The highest BCUT2D eigenvalue weighted by Gasteiger charge is 2.19. The molecule has 70 valence electrons. The van der Waals surface area contributed by atoms with Gasteiger partial charge in [-0.1, -0.05) is 29.8 Å². The molecule has 1 aromatic heterocycles. The van der Waals surface area contributed by atoms with Crippen molar-refractivity contribution in [1.29, 1.82) is 0 Å². The Morgan fingerprint density at radius 3 is 3.14 bits per heavy atom. The van der Waals surface area contributed by atoms with Gasteiger partial charge < -0.3 is 5.32 Å². The van der Waals surface area contributed by atoms with Crippen molar-refractivity contribution in [2.75, 3.05) is 5.32 Å². The first-order valence-corrected chi connectivity index (χ1v) is 5.55. The highest BCUT2D eigenvalue weighted by atomic mass is 35.5. The van der Waals surface area contributed by atoms with Crippen LogP contribution in [0.4, 0.5) is 5.69 Å². The Labute approximate surface area is 90.2 Å². The molecule has 1 N–H and O–H groups in total. The van der Waals surface area contributed by atoms with Crippen molar-refractivity contribution in [2.45, 2.75) is 5.50 Å². The number of benzene rings is 1. The fourth-order valence-electron chi connectivity index (χ4n) is 1.62. The van der Waals surface area contributed by atoms with Crippen LogP contribution >= 0.6 is 22.9 Å². The second-order valence-electron chi connectivity index (χ2n) is 3.10. The van der Waals surface area contributed by atoms with Gasteiger partial charge in [-0.3, -0.25) is 4.99 Å². The molecule has 1 aliphatic rings. The molecule has 0 aliphatic carbocycles. The lowest BCUT2D eigenvalue weighted by atomic mass is 10.2. The normalized spacial score (nSPS) is 19.4. The zero-order chi connectivity index (χ0) is 9.54. The molecule has 14 heavy (non-hydrogen) atoms. The Bertz CT molecular complexity index is 518. The summed E-state index contributed by atoms with van der Waals surface area (Å²) in [4.78, 5) is 5.21. The third-order valence-corrected chi connectivity index (χ3v) is 3.94. The fourth-order valence-corrected chi connectivity index (χ4v) is 3.01. The van der Waals surface area contributed by atoms with Gasteiger partial charge in [0.1, 0.15) is 0 Å². The summed E-state index contributed by atoms with van der Waals surface area (Å²) in [5.41, 5.74) is 0.879. The van der Waals surface area contributed by atoms with E-state index in [1.165, 1.54) is 10.1 Å². The number of rotatable bonds is 0. The van der Waals surface area contributed by atoms with Crippen LogP contribution in [0.15, 0.2) is 29.3 Å². The Morgan fingerprint density at radius 1 is 1.36 bits per heavy atom. The summed E-state index contributed by atoms with van der Waals surface area (Å²) in [5.74, 6) is 0. The molecular formula is C10H7ClN2S. The van der Waals surface area contributed by atoms with Gasteiger partial charge in [-0.15, -0.1) is 11.3 Å². The third kappa shape index (κ3) is 1.06. The average molecular weight is 223 g/mol. The standard InChI is InChI=1S/C10H7ClN2S/c11-10-9-8(12-5-13-10)6-3-1-2-4-7(6)14-9/h1-5,10H,(H,12,13). The summed E-state index contributed by atoms with van der Waals surface area (Å²) in [6.45, 7) is 0. The third-order valence-electron chi connectivity index (χ3n) is 2.25. The Kier molecular flexibility index (Phi) is 1.75. The lowest BCUT2D eigenvalue weighted by Gasteiger charge is -2.11. The van der Waals surface area contributed by atoms with Gasteiger partial charge in [0.25, 0.3) is 0 Å². The van der Waals surface area contributed by atoms with E-state index in [2.05, 4.69) is 22.4 Å². The quantitative estimate of drug-likeness (QED) is 0.535. The Morgan fingerprint density at radius 2 is 2.21 bits per heavy atom. The molecule has 0 amide bonds. The van der Waals surface area contributed by atoms with Crippen LogP contribution in [-0.2, 0) is 0 Å². The minimum Gasteiger partial charge on any atom is -0.345 e. The highest BCUT2D eigenvalue weighted by Crippen LogP contribution is 2.43. The molecular weight excluding hydrogens is 216 g/mol. The average Bonchev–Trinajstić information content (AvgIpc) is 2.59. The second-order valence-corrected chi connectivity index (χ2v) is 4.59. The summed E-state index contributed by atoms with van der Waals surface area (Å²) in [6.07, 6.45) is 1.67. The van der Waals surface area contributed by atoms with Crippen LogP contribution in [0.25, 0.3) is 10.1 Å². The first-order chi connectivity index (χ1) is 6.86. The first kappa shape index (κ1) is 8.26. The molecule has 0 saturated heterocycles. The molecule has 1 atom stereocenters. The van der Waals surface area contributed by atoms with Crippen molar-refractivity contribution in [3.63, 3.8) is 0 Å². The molecule has 3 rings (SSSR count). The van der Waals surface area contributed by atoms with Crippen LogP contribution in [-0.4, -0.2) is 6.34 Å². The molecule has 2 aromatic rings. The highest BCUT2D eigenvalue weighted by molar-refractivity contribution is 7.20. The number of hydrogen-bond acceptors (Lipinski definition) is 3. The molecule has 2 nitrogen and oxygen atoms in total. The smallest absolute Gasteiger partial charge is 0.161 e. The second kappa shape index (κ2) is 2.97. The van der Waals surface area contributed by atoms with Gasteiger partial charge in [0.15, 0.2) is 5.50 Å². The van der Waals surface area contributed by atoms with Gasteiger partial charge >= 0.3 is 0 Å². The van der Waals surface area contributed by atoms with E-state index in [9.17, 15) is 0 Å². The monoisotopic (exact) mass is 222 g/mol. The van der Waals surface area contributed by atoms with Crippen molar-refractivity contribution in [2.24, 2.45) is 4.99 Å². The summed E-state index contributed by atoms with van der Waals surface area (Å²) in [7, 11) is 0. The van der Waals surface area contributed by atoms with Crippen LogP contribution in [0, 0.1) is 0 Å². The number of nitrogens with zero attached hydrogens (tertiary/aromatic N) is 1. The van der Waals surface area contributed by atoms with E-state index in [-0.39, 0.29) is 5.50 Å². The number of aliphatic imine (C=N–C) groups is 1. The van der Waals surface area contributed by atoms with Gasteiger partial charge in [-0.25, -0.2) is 0 Å². The maximum atomic E-state index is 6.09. The van der Waals surface area contributed by atoms with Crippen LogP contribution in [0.3, 0.4) is 0 Å². The van der Waals surface area contributed by atoms with E-state index in [0.29, 0.717) is 0 Å². The van der Waals surface area contributed by atoms with Crippen molar-refractivity contribution in [3.8, 4) is 0 Å². The number of nitrogens with one attached hydrogen (secondary N) is 1. The van der Waals surface area contributed by atoms with E-state index >= 15 is 0 Å². The van der Waals surface area contributed by atoms with E-state index in [1.54, 1.807) is 17.7 Å². The molecule has 2 heterocycles.